The van der Waals surface area contributed by atoms with Crippen LogP contribution in [0.1, 0.15) is 26.3 Å². The van der Waals surface area contributed by atoms with E-state index in [9.17, 15) is 0 Å². The van der Waals surface area contributed by atoms with Crippen LogP contribution in [0.2, 0.25) is 0 Å². The first-order chi connectivity index (χ1) is 33.9. The number of benzene rings is 10. The minimum atomic E-state index is -0.0927. The van der Waals surface area contributed by atoms with Gasteiger partial charge < -0.3 is 14.0 Å². The molecule has 4 heterocycles. The van der Waals surface area contributed by atoms with E-state index in [1.165, 1.54) is 120 Å². The molecule has 69 heavy (non-hydrogen) atoms. The summed E-state index contributed by atoms with van der Waals surface area (Å²) in [6.45, 7) is 7.00. The van der Waals surface area contributed by atoms with Gasteiger partial charge in [0.1, 0.15) is 0 Å². The summed E-state index contributed by atoms with van der Waals surface area (Å²) in [4.78, 5) is 5.22. The standard InChI is InChI=1S/C64H46BN3S/c1-64(2,3)43-37-50(41-19-6-4-7-20-41)63(51(38-43)42-21-8-5-9-22-42)68-58-31-18-32-60-62(58)65(52-35-33-44(39-59(52)68)66-54-27-14-10-23-46(54)47-24-11-15-28-55(47)66)53-36-34-45(40-61(53)69-60)67-56-29-16-12-25-48(56)49-26-13-17-30-57(49)67/h4-40H,1-3H3. The van der Waals surface area contributed by atoms with Crippen molar-refractivity contribution >= 4 is 95.5 Å². The Balaban J connectivity index is 1.07. The van der Waals surface area contributed by atoms with Crippen molar-refractivity contribution in [1.29, 1.82) is 0 Å². The second-order valence-electron chi connectivity index (χ2n) is 19.7. The average Bonchev–Trinajstić information content (AvgIpc) is 3.91. The molecule has 0 saturated heterocycles. The van der Waals surface area contributed by atoms with Crippen LogP contribution in [0.4, 0.5) is 17.1 Å². The summed E-state index contributed by atoms with van der Waals surface area (Å²) in [6.07, 6.45) is 0. The zero-order valence-electron chi connectivity index (χ0n) is 38.7. The van der Waals surface area contributed by atoms with Gasteiger partial charge >= 0.3 is 0 Å². The van der Waals surface area contributed by atoms with Gasteiger partial charge in [-0.15, -0.1) is 0 Å². The van der Waals surface area contributed by atoms with E-state index >= 15 is 0 Å². The van der Waals surface area contributed by atoms with Crippen LogP contribution in [0.25, 0.3) is 77.2 Å². The lowest BCUT2D eigenvalue weighted by Gasteiger charge is -2.42. The number of aromatic nitrogens is 2. The first-order valence-electron chi connectivity index (χ1n) is 24.0. The monoisotopic (exact) mass is 899 g/mol. The van der Waals surface area contributed by atoms with Gasteiger partial charge in [0.25, 0.3) is 0 Å². The number of nitrogens with zero attached hydrogens (tertiary/aromatic N) is 3. The first-order valence-corrected chi connectivity index (χ1v) is 24.9. The van der Waals surface area contributed by atoms with Crippen LogP contribution in [-0.4, -0.2) is 15.8 Å². The zero-order valence-corrected chi connectivity index (χ0v) is 39.5. The van der Waals surface area contributed by atoms with Gasteiger partial charge in [-0.3, -0.25) is 0 Å². The molecule has 5 heteroatoms. The largest absolute Gasteiger partial charge is 0.310 e. The van der Waals surface area contributed by atoms with Crippen LogP contribution in [0.15, 0.2) is 234 Å². The average molecular weight is 900 g/mol. The van der Waals surface area contributed by atoms with Crippen molar-refractivity contribution in [3.8, 4) is 33.6 Å². The number of hydrogen-bond donors (Lipinski definition) is 0. The van der Waals surface area contributed by atoms with Crippen molar-refractivity contribution in [2.24, 2.45) is 0 Å². The molecule has 0 bridgehead atoms. The van der Waals surface area contributed by atoms with Crippen LogP contribution in [0.3, 0.4) is 0 Å². The molecule has 2 aliphatic heterocycles. The summed E-state index contributed by atoms with van der Waals surface area (Å²) in [6, 6.07) is 83.9. The van der Waals surface area contributed by atoms with Gasteiger partial charge in [-0.25, -0.2) is 0 Å². The van der Waals surface area contributed by atoms with Crippen molar-refractivity contribution in [2.75, 3.05) is 4.90 Å². The minimum Gasteiger partial charge on any atom is -0.310 e. The second-order valence-corrected chi connectivity index (χ2v) is 20.7. The van der Waals surface area contributed by atoms with E-state index in [0.717, 1.165) is 5.69 Å². The summed E-state index contributed by atoms with van der Waals surface area (Å²) in [7, 11) is 0. The quantitative estimate of drug-likeness (QED) is 0.160. The summed E-state index contributed by atoms with van der Waals surface area (Å²) >= 11 is 1.91. The Bertz CT molecular complexity index is 3880. The van der Waals surface area contributed by atoms with E-state index in [1.807, 2.05) is 11.8 Å². The highest BCUT2D eigenvalue weighted by molar-refractivity contribution is 8.00. The third-order valence-electron chi connectivity index (χ3n) is 14.7. The third-order valence-corrected chi connectivity index (χ3v) is 15.9. The van der Waals surface area contributed by atoms with Gasteiger partial charge in [-0.2, -0.15) is 0 Å². The molecular formula is C64H46BN3S. The van der Waals surface area contributed by atoms with Gasteiger partial charge in [0, 0.05) is 65.2 Å². The lowest BCUT2D eigenvalue weighted by atomic mass is 9.35. The van der Waals surface area contributed by atoms with Crippen LogP contribution in [0, 0.1) is 0 Å². The maximum Gasteiger partial charge on any atom is 0.249 e. The normalized spacial score (nSPS) is 13.0. The minimum absolute atomic E-state index is 0.00676. The molecule has 0 amide bonds. The maximum atomic E-state index is 2.64. The predicted octanol–water partition coefficient (Wildman–Crippen LogP) is 15.3. The summed E-state index contributed by atoms with van der Waals surface area (Å²) in [5, 5.41) is 5.05. The zero-order chi connectivity index (χ0) is 46.0. The molecule has 10 aromatic carbocycles. The highest BCUT2D eigenvalue weighted by Crippen LogP contribution is 2.51. The molecule has 12 aromatic rings. The Kier molecular flexibility index (Phi) is 8.87. The molecule has 0 unspecified atom stereocenters. The smallest absolute Gasteiger partial charge is 0.249 e. The van der Waals surface area contributed by atoms with Crippen molar-refractivity contribution in [3.05, 3.63) is 230 Å². The molecule has 0 fully saturated rings. The molecule has 0 saturated carbocycles. The summed E-state index contributed by atoms with van der Waals surface area (Å²) in [5.41, 5.74) is 20.8. The van der Waals surface area contributed by atoms with Gasteiger partial charge in [0.2, 0.25) is 6.71 Å². The molecule has 0 aliphatic carbocycles. The fraction of sp³-hybridized carbons (Fsp3) is 0.0625. The molecule has 2 aromatic heterocycles. The maximum absolute atomic E-state index is 2.64. The highest BCUT2D eigenvalue weighted by Gasteiger charge is 2.42. The third kappa shape index (κ3) is 6.10. The Morgan fingerprint density at radius 2 is 0.855 bits per heavy atom. The van der Waals surface area contributed by atoms with E-state index in [4.69, 9.17) is 0 Å². The molecule has 326 valence electrons. The van der Waals surface area contributed by atoms with Crippen molar-refractivity contribution in [2.45, 2.75) is 36.0 Å². The van der Waals surface area contributed by atoms with Crippen LogP contribution in [-0.2, 0) is 5.41 Å². The molecule has 0 atom stereocenters. The summed E-state index contributed by atoms with van der Waals surface area (Å²) < 4.78 is 4.92. The Hall–Kier alpha value is -7.99. The molecule has 0 spiro atoms. The van der Waals surface area contributed by atoms with E-state index in [1.54, 1.807) is 0 Å². The van der Waals surface area contributed by atoms with E-state index in [2.05, 4.69) is 259 Å². The number of para-hydroxylation sites is 4. The molecule has 0 N–H and O–H groups in total. The van der Waals surface area contributed by atoms with Gasteiger partial charge in [0.15, 0.2) is 0 Å². The van der Waals surface area contributed by atoms with Gasteiger partial charge in [-0.05, 0) is 106 Å². The summed E-state index contributed by atoms with van der Waals surface area (Å²) in [5.74, 6) is 0. The first kappa shape index (κ1) is 40.1. The van der Waals surface area contributed by atoms with Gasteiger partial charge in [-0.1, -0.05) is 190 Å². The molecular weight excluding hydrogens is 854 g/mol. The van der Waals surface area contributed by atoms with Gasteiger partial charge in [0.05, 0.1) is 27.8 Å². The van der Waals surface area contributed by atoms with Crippen LogP contribution < -0.4 is 21.3 Å². The molecule has 3 nitrogen and oxygen atoms in total. The highest BCUT2D eigenvalue weighted by atomic mass is 32.2. The number of fused-ring (bicyclic) bond motifs is 10. The van der Waals surface area contributed by atoms with Crippen LogP contribution in [0.5, 0.6) is 0 Å². The van der Waals surface area contributed by atoms with E-state index < -0.39 is 0 Å². The topological polar surface area (TPSA) is 13.1 Å². The van der Waals surface area contributed by atoms with Crippen molar-refractivity contribution < 1.29 is 0 Å². The Morgan fingerprint density at radius 1 is 0.391 bits per heavy atom. The Labute approximate surface area is 407 Å². The fourth-order valence-electron chi connectivity index (χ4n) is 11.6. The number of rotatable bonds is 5. The number of anilines is 3. The molecule has 2 aliphatic rings. The van der Waals surface area contributed by atoms with Crippen molar-refractivity contribution in [1.82, 2.24) is 9.13 Å². The number of hydrogen-bond acceptors (Lipinski definition) is 2. The van der Waals surface area contributed by atoms with Crippen LogP contribution >= 0.6 is 11.8 Å². The molecule has 14 rings (SSSR count). The molecule has 0 radical (unpaired) electrons. The second kappa shape index (κ2) is 15.3. The van der Waals surface area contributed by atoms with E-state index in [-0.39, 0.29) is 12.1 Å². The Morgan fingerprint density at radius 3 is 1.36 bits per heavy atom. The lowest BCUT2D eigenvalue weighted by Crippen LogP contribution is -2.59. The van der Waals surface area contributed by atoms with Crippen molar-refractivity contribution in [3.63, 3.8) is 0 Å². The fourth-order valence-corrected chi connectivity index (χ4v) is 12.8. The van der Waals surface area contributed by atoms with E-state index in [0.29, 0.717) is 0 Å². The predicted molar refractivity (Wildman–Crippen MR) is 295 cm³/mol. The lowest BCUT2D eigenvalue weighted by molar-refractivity contribution is 0.591. The SMILES string of the molecule is CC(C)(C)c1cc(-c2ccccc2)c(N2c3cc(-n4c5ccccc5c5ccccc54)ccc3B3c4ccc(-n5c6ccccc6c6ccccc65)cc4Sc4cccc2c43)c(-c2ccccc2)c1.